The second-order valence-corrected chi connectivity index (χ2v) is 11.2. The van der Waals surface area contributed by atoms with Crippen LogP contribution in [-0.2, 0) is 16.0 Å². The second-order valence-electron chi connectivity index (χ2n) is 11.2. The number of carbonyl (C=O) groups is 2. The highest BCUT2D eigenvalue weighted by molar-refractivity contribution is 5.90. The number of rotatable bonds is 17. The predicted octanol–water partition coefficient (Wildman–Crippen LogP) is 3.41. The molecule has 0 aromatic heterocycles. The molecule has 0 spiro atoms. The summed E-state index contributed by atoms with van der Waals surface area (Å²) in [4.78, 5) is 27.2. The minimum Gasteiger partial charge on any atom is -0.508 e. The minimum atomic E-state index is -0.929. The van der Waals surface area contributed by atoms with Crippen LogP contribution >= 0.6 is 0 Å². The molecule has 0 fully saturated rings. The molecule has 45 heavy (non-hydrogen) atoms. The lowest BCUT2D eigenvalue weighted by atomic mass is 9.94. The van der Waals surface area contributed by atoms with Crippen LogP contribution in [0.5, 0.6) is 17.2 Å². The van der Waals surface area contributed by atoms with E-state index in [1.54, 1.807) is 12.1 Å². The van der Waals surface area contributed by atoms with Gasteiger partial charge in [-0.15, -0.1) is 0 Å². The first kappa shape index (κ1) is 34.9. The van der Waals surface area contributed by atoms with E-state index in [-0.39, 0.29) is 30.1 Å². The molecule has 3 aromatic carbocycles. The van der Waals surface area contributed by atoms with E-state index in [1.165, 1.54) is 0 Å². The minimum absolute atomic E-state index is 0.137. The van der Waals surface area contributed by atoms with Gasteiger partial charge in [-0.05, 0) is 111 Å². The van der Waals surface area contributed by atoms with Crippen molar-refractivity contribution in [2.45, 2.75) is 70.5 Å². The highest BCUT2D eigenvalue weighted by Gasteiger charge is 2.27. The molecule has 242 valence electrons. The molecule has 2 amide bonds. The SMILES string of the molecule is Cc1cc(O)cc(C)c1CC(NC(=O)C(N)CCCNC(=N)N)C(=O)NC(CCCCN)c1cccc(Oc2ccccc2)c1. The molecular formula is C34H47N7O4. The maximum absolute atomic E-state index is 14.0. The molecule has 3 atom stereocenters. The lowest BCUT2D eigenvalue weighted by molar-refractivity contribution is -0.130. The summed E-state index contributed by atoms with van der Waals surface area (Å²) in [7, 11) is 0. The monoisotopic (exact) mass is 617 g/mol. The first-order valence-corrected chi connectivity index (χ1v) is 15.3. The number of phenolic OH excluding ortho intramolecular Hbond substituents is 1. The van der Waals surface area contributed by atoms with Gasteiger partial charge in [-0.3, -0.25) is 15.0 Å². The van der Waals surface area contributed by atoms with E-state index >= 15 is 0 Å². The highest BCUT2D eigenvalue weighted by atomic mass is 16.5. The summed E-state index contributed by atoms with van der Waals surface area (Å²) < 4.78 is 6.05. The predicted molar refractivity (Wildman–Crippen MR) is 177 cm³/mol. The molecule has 0 aliphatic heterocycles. The molecule has 0 radical (unpaired) electrons. The number of amides is 2. The van der Waals surface area contributed by atoms with Gasteiger partial charge in [0.2, 0.25) is 11.8 Å². The molecule has 0 aliphatic carbocycles. The number of nitrogens with two attached hydrogens (primary N) is 3. The fraction of sp³-hybridized carbons (Fsp3) is 0.382. The smallest absolute Gasteiger partial charge is 0.243 e. The first-order chi connectivity index (χ1) is 21.6. The zero-order chi connectivity index (χ0) is 32.8. The van der Waals surface area contributed by atoms with Crippen molar-refractivity contribution in [3.63, 3.8) is 0 Å². The van der Waals surface area contributed by atoms with Gasteiger partial charge in [-0.1, -0.05) is 30.3 Å². The van der Waals surface area contributed by atoms with Crippen LogP contribution in [0.2, 0.25) is 0 Å². The number of para-hydroxylation sites is 1. The van der Waals surface area contributed by atoms with Crippen LogP contribution in [0.4, 0.5) is 0 Å². The van der Waals surface area contributed by atoms with Gasteiger partial charge in [0.1, 0.15) is 23.3 Å². The lowest BCUT2D eigenvalue weighted by Crippen LogP contribution is -2.53. The fourth-order valence-corrected chi connectivity index (χ4v) is 5.17. The molecule has 0 heterocycles. The Hall–Kier alpha value is -4.61. The van der Waals surface area contributed by atoms with Crippen LogP contribution in [-0.4, -0.2) is 48.1 Å². The number of phenols is 1. The van der Waals surface area contributed by atoms with Crippen molar-refractivity contribution in [1.82, 2.24) is 16.0 Å². The van der Waals surface area contributed by atoms with Crippen LogP contribution < -0.4 is 37.9 Å². The van der Waals surface area contributed by atoms with Crippen LogP contribution in [0.3, 0.4) is 0 Å². The normalized spacial score (nSPS) is 12.9. The third-order valence-corrected chi connectivity index (χ3v) is 7.57. The van der Waals surface area contributed by atoms with E-state index in [0.717, 1.165) is 35.1 Å². The van der Waals surface area contributed by atoms with Gasteiger partial charge < -0.3 is 43.0 Å². The summed E-state index contributed by atoms with van der Waals surface area (Å²) in [6.07, 6.45) is 3.29. The summed E-state index contributed by atoms with van der Waals surface area (Å²) in [6.45, 7) is 4.67. The number of guanidine groups is 1. The van der Waals surface area contributed by atoms with Crippen molar-refractivity contribution in [3.05, 3.63) is 89.0 Å². The lowest BCUT2D eigenvalue weighted by Gasteiger charge is -2.26. The Morgan fingerprint density at radius 2 is 1.58 bits per heavy atom. The summed E-state index contributed by atoms with van der Waals surface area (Å²) in [5.74, 6) is 0.523. The molecule has 3 unspecified atom stereocenters. The molecular weight excluding hydrogens is 570 g/mol. The molecule has 11 nitrogen and oxygen atoms in total. The third kappa shape index (κ3) is 11.4. The molecule has 11 N–H and O–H groups in total. The number of hydrogen-bond acceptors (Lipinski definition) is 7. The number of benzene rings is 3. The van der Waals surface area contributed by atoms with E-state index in [1.807, 2.05) is 68.4 Å². The van der Waals surface area contributed by atoms with Crippen LogP contribution in [0.15, 0.2) is 66.7 Å². The van der Waals surface area contributed by atoms with Gasteiger partial charge in [-0.2, -0.15) is 0 Å². The number of hydrogen-bond donors (Lipinski definition) is 8. The topological polar surface area (TPSA) is 202 Å². The Balaban J connectivity index is 1.84. The van der Waals surface area contributed by atoms with E-state index in [9.17, 15) is 14.7 Å². The van der Waals surface area contributed by atoms with E-state index in [0.29, 0.717) is 43.9 Å². The second kappa shape index (κ2) is 17.6. The Morgan fingerprint density at radius 3 is 2.24 bits per heavy atom. The van der Waals surface area contributed by atoms with Crippen molar-refractivity contribution < 1.29 is 19.4 Å². The van der Waals surface area contributed by atoms with Crippen LogP contribution in [0, 0.1) is 19.3 Å². The third-order valence-electron chi connectivity index (χ3n) is 7.57. The Kier molecular flexibility index (Phi) is 13.7. The van der Waals surface area contributed by atoms with E-state index in [4.69, 9.17) is 27.3 Å². The van der Waals surface area contributed by atoms with Gasteiger partial charge in [0.05, 0.1) is 12.1 Å². The van der Waals surface area contributed by atoms with Crippen molar-refractivity contribution in [1.29, 1.82) is 5.41 Å². The number of carbonyl (C=O) groups excluding carboxylic acids is 2. The van der Waals surface area contributed by atoms with Gasteiger partial charge in [0, 0.05) is 13.0 Å². The molecule has 0 saturated carbocycles. The molecule has 3 aromatic rings. The summed E-state index contributed by atoms with van der Waals surface area (Å²) in [5, 5.41) is 26.1. The van der Waals surface area contributed by atoms with Gasteiger partial charge in [0.25, 0.3) is 0 Å². The number of ether oxygens (including phenoxy) is 1. The number of nitrogens with one attached hydrogen (secondary N) is 4. The highest BCUT2D eigenvalue weighted by Crippen LogP contribution is 2.28. The summed E-state index contributed by atoms with van der Waals surface area (Å²) >= 11 is 0. The van der Waals surface area contributed by atoms with Crippen molar-refractivity contribution >= 4 is 17.8 Å². The van der Waals surface area contributed by atoms with E-state index in [2.05, 4.69) is 16.0 Å². The zero-order valence-corrected chi connectivity index (χ0v) is 26.1. The zero-order valence-electron chi connectivity index (χ0n) is 26.1. The number of aromatic hydroxyl groups is 1. The van der Waals surface area contributed by atoms with Crippen LogP contribution in [0.1, 0.15) is 60.4 Å². The van der Waals surface area contributed by atoms with Gasteiger partial charge >= 0.3 is 0 Å². The fourth-order valence-electron chi connectivity index (χ4n) is 5.17. The van der Waals surface area contributed by atoms with Crippen molar-refractivity contribution in [2.75, 3.05) is 13.1 Å². The summed E-state index contributed by atoms with van der Waals surface area (Å²) in [6, 6.07) is 18.2. The van der Waals surface area contributed by atoms with Crippen molar-refractivity contribution in [2.24, 2.45) is 17.2 Å². The Bertz CT molecular complexity index is 1390. The largest absolute Gasteiger partial charge is 0.508 e. The number of unbranched alkanes of at least 4 members (excludes halogenated alkanes) is 1. The average Bonchev–Trinajstić information content (AvgIpc) is 3.00. The molecule has 11 heteroatoms. The molecule has 0 bridgehead atoms. The van der Waals surface area contributed by atoms with Gasteiger partial charge in [-0.25, -0.2) is 0 Å². The summed E-state index contributed by atoms with van der Waals surface area (Å²) in [5.41, 5.74) is 20.6. The quantitative estimate of drug-likeness (QED) is 0.0639. The average molecular weight is 618 g/mol. The maximum atomic E-state index is 14.0. The Labute approximate surface area is 265 Å². The first-order valence-electron chi connectivity index (χ1n) is 15.3. The van der Waals surface area contributed by atoms with Crippen molar-refractivity contribution in [3.8, 4) is 17.2 Å². The molecule has 0 saturated heterocycles. The standard InChI is InChI=1S/C34H47N7O4/c1-22-18-25(42)19-23(2)28(22)21-31(41-32(43)29(36)14-9-17-39-34(37)38)33(44)40-30(15-6-7-16-35)24-10-8-13-27(20-24)45-26-11-4-3-5-12-26/h3-5,8,10-13,18-20,29-31,42H,6-7,9,14-17,21,35-36H2,1-2H3,(H,40,44)(H,41,43)(H4,37,38,39). The molecule has 0 aliphatic rings. The van der Waals surface area contributed by atoms with Crippen LogP contribution in [0.25, 0.3) is 0 Å². The van der Waals surface area contributed by atoms with Gasteiger partial charge in [0.15, 0.2) is 5.96 Å². The molecule has 3 rings (SSSR count). The van der Waals surface area contributed by atoms with E-state index < -0.39 is 18.0 Å². The maximum Gasteiger partial charge on any atom is 0.243 e. The Morgan fingerprint density at radius 1 is 0.889 bits per heavy atom. The number of aryl methyl sites for hydroxylation is 2.